The van der Waals surface area contributed by atoms with Gasteiger partial charge in [-0.1, -0.05) is 30.3 Å². The van der Waals surface area contributed by atoms with Crippen LogP contribution >= 0.6 is 0 Å². The fourth-order valence-corrected chi connectivity index (χ4v) is 3.95. The smallest absolute Gasteiger partial charge is 0.258 e. The molecule has 4 rings (SSSR count). The van der Waals surface area contributed by atoms with Gasteiger partial charge in [0.15, 0.2) is 0 Å². The van der Waals surface area contributed by atoms with E-state index in [4.69, 9.17) is 5.73 Å². The molecule has 0 spiro atoms. The molecule has 1 unspecified atom stereocenters. The lowest BCUT2D eigenvalue weighted by Gasteiger charge is -2.23. The van der Waals surface area contributed by atoms with Crippen LogP contribution in [-0.2, 0) is 0 Å². The van der Waals surface area contributed by atoms with Gasteiger partial charge in [0.05, 0.1) is 22.7 Å². The molecular formula is C27H27FN6O2. The van der Waals surface area contributed by atoms with Crippen molar-refractivity contribution in [1.82, 2.24) is 14.9 Å². The fraction of sp³-hybridized carbons (Fsp3) is 0.185. The van der Waals surface area contributed by atoms with E-state index >= 15 is 0 Å². The molecule has 9 heteroatoms. The topological polar surface area (TPSA) is 113 Å². The first-order valence-electron chi connectivity index (χ1n) is 11.4. The normalized spacial score (nSPS) is 11.9. The summed E-state index contributed by atoms with van der Waals surface area (Å²) in [5.74, 6) is -1.10. The molecule has 0 saturated carbocycles. The van der Waals surface area contributed by atoms with Gasteiger partial charge in [-0.2, -0.15) is 0 Å². The molecule has 0 aliphatic carbocycles. The van der Waals surface area contributed by atoms with Gasteiger partial charge >= 0.3 is 0 Å². The van der Waals surface area contributed by atoms with E-state index in [2.05, 4.69) is 25.5 Å². The summed E-state index contributed by atoms with van der Waals surface area (Å²) in [5.41, 5.74) is 7.74. The van der Waals surface area contributed by atoms with Crippen molar-refractivity contribution in [1.29, 1.82) is 0 Å². The lowest BCUT2D eigenvalue weighted by Crippen LogP contribution is -2.21. The van der Waals surface area contributed by atoms with Crippen molar-refractivity contribution in [3.05, 3.63) is 95.6 Å². The number of hydrogen-bond acceptors (Lipinski definition) is 6. The average Bonchev–Trinajstić information content (AvgIpc) is 2.86. The van der Waals surface area contributed by atoms with Gasteiger partial charge in [0.2, 0.25) is 0 Å². The number of benzene rings is 3. The van der Waals surface area contributed by atoms with E-state index in [0.717, 1.165) is 18.5 Å². The molecular weight excluding hydrogens is 459 g/mol. The van der Waals surface area contributed by atoms with Crippen molar-refractivity contribution in [2.45, 2.75) is 12.5 Å². The third kappa shape index (κ3) is 5.64. The minimum atomic E-state index is -0.581. The highest BCUT2D eigenvalue weighted by molar-refractivity contribution is 6.07. The molecule has 8 nitrogen and oxygen atoms in total. The second kappa shape index (κ2) is 10.9. The molecule has 4 aromatic rings. The van der Waals surface area contributed by atoms with Crippen LogP contribution < -0.4 is 16.4 Å². The van der Waals surface area contributed by atoms with Crippen LogP contribution in [0, 0.1) is 5.82 Å². The molecule has 0 radical (unpaired) electrons. The number of amides is 2. The number of hydrogen-bond donors (Lipinski definition) is 3. The third-order valence-electron chi connectivity index (χ3n) is 5.77. The summed E-state index contributed by atoms with van der Waals surface area (Å²) in [7, 11) is 3.97. The van der Waals surface area contributed by atoms with E-state index in [1.165, 1.54) is 24.5 Å². The first-order chi connectivity index (χ1) is 17.3. The number of fused-ring (bicyclic) bond motifs is 1. The number of nitrogens with zero attached hydrogens (tertiary/aromatic N) is 3. The van der Waals surface area contributed by atoms with E-state index in [0.29, 0.717) is 28.0 Å². The Morgan fingerprint density at radius 3 is 2.50 bits per heavy atom. The number of nitrogens with one attached hydrogen (secondary N) is 2. The highest BCUT2D eigenvalue weighted by atomic mass is 19.1. The molecule has 0 saturated heterocycles. The van der Waals surface area contributed by atoms with Gasteiger partial charge in [0, 0.05) is 11.1 Å². The van der Waals surface area contributed by atoms with Gasteiger partial charge in [-0.3, -0.25) is 9.59 Å². The van der Waals surface area contributed by atoms with E-state index in [-0.39, 0.29) is 11.6 Å². The number of rotatable bonds is 9. The lowest BCUT2D eigenvalue weighted by atomic mass is 10.0. The van der Waals surface area contributed by atoms with E-state index in [1.54, 1.807) is 24.3 Å². The summed E-state index contributed by atoms with van der Waals surface area (Å²) >= 11 is 0. The zero-order valence-electron chi connectivity index (χ0n) is 20.0. The fourth-order valence-electron chi connectivity index (χ4n) is 3.95. The number of nitrogens with two attached hydrogens (primary N) is 1. The Balaban J connectivity index is 1.65. The monoisotopic (exact) mass is 486 g/mol. The second-order valence-corrected chi connectivity index (χ2v) is 8.64. The zero-order valence-corrected chi connectivity index (χ0v) is 20.0. The number of anilines is 2. The van der Waals surface area contributed by atoms with E-state index in [1.807, 2.05) is 38.4 Å². The van der Waals surface area contributed by atoms with Crippen LogP contribution in [0.5, 0.6) is 0 Å². The minimum absolute atomic E-state index is 0.0251. The first kappa shape index (κ1) is 24.7. The minimum Gasteiger partial charge on any atom is -0.366 e. The summed E-state index contributed by atoms with van der Waals surface area (Å²) in [5, 5.41) is 6.93. The molecule has 3 aromatic carbocycles. The lowest BCUT2D eigenvalue weighted by molar-refractivity contribution is 0.0998. The summed E-state index contributed by atoms with van der Waals surface area (Å²) in [4.78, 5) is 35.3. The first-order valence-corrected chi connectivity index (χ1v) is 11.4. The van der Waals surface area contributed by atoms with Crippen molar-refractivity contribution in [2.75, 3.05) is 31.3 Å². The second-order valence-electron chi connectivity index (χ2n) is 8.64. The van der Waals surface area contributed by atoms with Crippen molar-refractivity contribution in [2.24, 2.45) is 5.73 Å². The molecule has 0 fully saturated rings. The van der Waals surface area contributed by atoms with Gasteiger partial charge < -0.3 is 21.3 Å². The van der Waals surface area contributed by atoms with Crippen LogP contribution in [0.25, 0.3) is 10.9 Å². The van der Waals surface area contributed by atoms with Crippen LogP contribution in [0.3, 0.4) is 0 Å². The van der Waals surface area contributed by atoms with Gasteiger partial charge in [-0.15, -0.1) is 0 Å². The number of halogens is 1. The highest BCUT2D eigenvalue weighted by Gasteiger charge is 2.18. The number of para-hydroxylation sites is 1. The van der Waals surface area contributed by atoms with E-state index in [9.17, 15) is 14.0 Å². The summed E-state index contributed by atoms with van der Waals surface area (Å²) in [6.07, 6.45) is 2.11. The Morgan fingerprint density at radius 1 is 1.00 bits per heavy atom. The molecule has 0 bridgehead atoms. The van der Waals surface area contributed by atoms with Gasteiger partial charge in [-0.25, -0.2) is 14.4 Å². The third-order valence-corrected chi connectivity index (χ3v) is 5.77. The Bertz CT molecular complexity index is 1410. The predicted octanol–water partition coefficient (Wildman–Crippen LogP) is 4.23. The van der Waals surface area contributed by atoms with E-state index < -0.39 is 17.6 Å². The number of carbonyl (C=O) groups is 2. The molecule has 1 heterocycles. The Hall–Kier alpha value is -4.37. The maximum Gasteiger partial charge on any atom is 0.258 e. The summed E-state index contributed by atoms with van der Waals surface area (Å²) in [6, 6.07) is 18.3. The molecule has 1 atom stereocenters. The zero-order chi connectivity index (χ0) is 25.7. The Labute approximate surface area is 208 Å². The summed E-state index contributed by atoms with van der Waals surface area (Å²) < 4.78 is 14.1. The van der Waals surface area contributed by atoms with Gasteiger partial charge in [0.1, 0.15) is 18.0 Å². The molecule has 4 N–H and O–H groups in total. The van der Waals surface area contributed by atoms with Gasteiger partial charge in [-0.05, 0) is 69.0 Å². The molecule has 1 aromatic heterocycles. The number of primary amides is 1. The average molecular weight is 487 g/mol. The molecule has 36 heavy (non-hydrogen) atoms. The SMILES string of the molecule is CN(C)CCC(Nc1ncnc2c(C(N)=O)cccc12)c1cccc(NC(=O)c2ccccc2F)c1. The maximum atomic E-state index is 14.1. The molecule has 184 valence electrons. The summed E-state index contributed by atoms with van der Waals surface area (Å²) in [6.45, 7) is 0.777. The number of aromatic nitrogens is 2. The number of carbonyl (C=O) groups excluding carboxylic acids is 2. The quantitative estimate of drug-likeness (QED) is 0.326. The van der Waals surface area contributed by atoms with Gasteiger partial charge in [0.25, 0.3) is 11.8 Å². The van der Waals surface area contributed by atoms with Crippen molar-refractivity contribution < 1.29 is 14.0 Å². The maximum absolute atomic E-state index is 14.1. The van der Waals surface area contributed by atoms with Crippen LogP contribution in [0.15, 0.2) is 73.1 Å². The Kier molecular flexibility index (Phi) is 7.50. The van der Waals surface area contributed by atoms with Crippen LogP contribution in [0.1, 0.15) is 38.7 Å². The largest absolute Gasteiger partial charge is 0.366 e. The Morgan fingerprint density at radius 2 is 1.75 bits per heavy atom. The van der Waals surface area contributed by atoms with Crippen molar-refractivity contribution in [3.8, 4) is 0 Å². The standard InChI is InChI=1S/C27H27FN6O2/c1-34(2)14-13-23(33-26-21-11-6-10-20(25(29)35)24(21)30-16-31-26)17-7-5-8-18(15-17)32-27(36)19-9-3-4-12-22(19)28/h3-12,15-16,23H,13-14H2,1-2H3,(H2,29,35)(H,32,36)(H,30,31,33). The van der Waals surface area contributed by atoms with Crippen LogP contribution in [0.2, 0.25) is 0 Å². The van der Waals surface area contributed by atoms with Crippen LogP contribution in [0.4, 0.5) is 15.9 Å². The predicted molar refractivity (Wildman–Crippen MR) is 138 cm³/mol. The van der Waals surface area contributed by atoms with Crippen molar-refractivity contribution in [3.63, 3.8) is 0 Å². The van der Waals surface area contributed by atoms with Crippen molar-refractivity contribution >= 4 is 34.2 Å². The van der Waals surface area contributed by atoms with Crippen LogP contribution in [-0.4, -0.2) is 47.3 Å². The molecule has 0 aliphatic heterocycles. The molecule has 0 aliphatic rings. The highest BCUT2D eigenvalue weighted by Crippen LogP contribution is 2.29. The molecule has 2 amide bonds.